The third-order valence-corrected chi connectivity index (χ3v) is 3.91. The number of nitrogens with one attached hydrogen (secondary N) is 2. The normalized spacial score (nSPS) is 10.9. The smallest absolute Gasteiger partial charge is 0.352 e. The van der Waals surface area contributed by atoms with E-state index in [2.05, 4.69) is 4.98 Å². The Balaban J connectivity index is 2.40. The van der Waals surface area contributed by atoms with Crippen molar-refractivity contribution in [2.75, 3.05) is 4.72 Å². The molecule has 0 bridgehead atoms. The van der Waals surface area contributed by atoms with Crippen molar-refractivity contribution >= 4 is 21.7 Å². The van der Waals surface area contributed by atoms with Crippen LogP contribution in [-0.4, -0.2) is 24.5 Å². The van der Waals surface area contributed by atoms with Crippen molar-refractivity contribution in [3.63, 3.8) is 0 Å². The summed E-state index contributed by atoms with van der Waals surface area (Å²) in [6.45, 7) is 0. The maximum Gasteiger partial charge on any atom is 0.352 e. The number of carboxylic acids is 1. The predicted molar refractivity (Wildman–Crippen MR) is 69.7 cm³/mol. The fourth-order valence-electron chi connectivity index (χ4n) is 1.58. The number of H-pyrrole nitrogens is 1. The second kappa shape index (κ2) is 5.26. The maximum absolute atomic E-state index is 13.4. The van der Waals surface area contributed by atoms with Crippen molar-refractivity contribution in [3.05, 3.63) is 47.5 Å². The Morgan fingerprint density at radius 2 is 2.14 bits per heavy atom. The third kappa shape index (κ3) is 2.85. The molecule has 0 aliphatic carbocycles. The fraction of sp³-hybridized carbons (Fsp3) is 0. The average molecular weight is 309 g/mol. The quantitative estimate of drug-likeness (QED) is 0.790. The summed E-state index contributed by atoms with van der Waals surface area (Å²) in [7, 11) is -4.14. The summed E-state index contributed by atoms with van der Waals surface area (Å²) in [5, 5.41) is 17.6. The largest absolute Gasteiger partial charge is 0.477 e. The number of aromatic carboxylic acids is 1. The van der Waals surface area contributed by atoms with E-state index in [-0.39, 0.29) is 16.3 Å². The van der Waals surface area contributed by atoms with Gasteiger partial charge in [-0.3, -0.25) is 4.72 Å². The Bertz CT molecular complexity index is 852. The van der Waals surface area contributed by atoms with Gasteiger partial charge in [-0.25, -0.2) is 17.6 Å². The second-order valence-electron chi connectivity index (χ2n) is 3.93. The molecule has 9 heteroatoms. The zero-order valence-corrected chi connectivity index (χ0v) is 11.1. The van der Waals surface area contributed by atoms with Crippen molar-refractivity contribution in [1.29, 1.82) is 5.26 Å². The zero-order valence-electron chi connectivity index (χ0n) is 10.3. The molecule has 7 nitrogen and oxygen atoms in total. The number of halogens is 1. The average Bonchev–Trinajstić information content (AvgIpc) is 2.89. The summed E-state index contributed by atoms with van der Waals surface area (Å²) < 4.78 is 39.6. The molecule has 21 heavy (non-hydrogen) atoms. The molecule has 0 saturated heterocycles. The molecule has 0 unspecified atom stereocenters. The summed E-state index contributed by atoms with van der Waals surface area (Å²) in [6.07, 6.45) is 0.983. The molecule has 0 atom stereocenters. The van der Waals surface area contributed by atoms with Gasteiger partial charge in [0, 0.05) is 6.20 Å². The van der Waals surface area contributed by atoms with Gasteiger partial charge in [-0.1, -0.05) is 6.07 Å². The van der Waals surface area contributed by atoms with E-state index in [1.165, 1.54) is 12.1 Å². The number of anilines is 1. The molecule has 0 amide bonds. The number of carboxylic acid groups (broad SMARTS) is 1. The first-order valence-electron chi connectivity index (χ1n) is 5.48. The molecule has 0 aliphatic heterocycles. The molecule has 1 aromatic heterocycles. The summed E-state index contributed by atoms with van der Waals surface area (Å²) in [5.41, 5.74) is -0.985. The molecule has 0 saturated carbocycles. The lowest BCUT2D eigenvalue weighted by Gasteiger charge is -2.08. The molecule has 2 rings (SSSR count). The van der Waals surface area contributed by atoms with Gasteiger partial charge in [0.15, 0.2) is 0 Å². The van der Waals surface area contributed by atoms with Crippen molar-refractivity contribution < 1.29 is 22.7 Å². The van der Waals surface area contributed by atoms with Crippen LogP contribution in [0.5, 0.6) is 0 Å². The lowest BCUT2D eigenvalue weighted by Crippen LogP contribution is -2.13. The molecule has 0 fully saturated rings. The molecule has 108 valence electrons. The summed E-state index contributed by atoms with van der Waals surface area (Å²) in [4.78, 5) is 12.6. The van der Waals surface area contributed by atoms with Gasteiger partial charge in [-0.2, -0.15) is 5.26 Å². The Morgan fingerprint density at radius 3 is 2.71 bits per heavy atom. The molecule has 1 heterocycles. The highest BCUT2D eigenvalue weighted by atomic mass is 32.2. The van der Waals surface area contributed by atoms with E-state index >= 15 is 0 Å². The molecule has 0 radical (unpaired) electrons. The molecule has 2 aromatic rings. The molecule has 3 N–H and O–H groups in total. The lowest BCUT2D eigenvalue weighted by molar-refractivity contribution is 0.0691. The van der Waals surface area contributed by atoms with E-state index in [0.29, 0.717) is 0 Å². The predicted octanol–water partition coefficient (Wildman–Crippen LogP) is 1.52. The fourth-order valence-corrected chi connectivity index (χ4v) is 2.64. The zero-order chi connectivity index (χ0) is 15.6. The number of aromatic nitrogens is 1. The number of aromatic amines is 1. The Kier molecular flexibility index (Phi) is 3.64. The Labute approximate surface area is 118 Å². The first-order valence-corrected chi connectivity index (χ1v) is 6.96. The Morgan fingerprint density at radius 1 is 1.43 bits per heavy atom. The number of carbonyl (C=O) groups is 1. The number of nitrogens with zero attached hydrogens (tertiary/aromatic N) is 1. The van der Waals surface area contributed by atoms with Gasteiger partial charge >= 0.3 is 5.97 Å². The summed E-state index contributed by atoms with van der Waals surface area (Å²) >= 11 is 0. The molecule has 0 spiro atoms. The minimum atomic E-state index is -4.14. The highest BCUT2D eigenvalue weighted by Crippen LogP contribution is 2.22. The van der Waals surface area contributed by atoms with Crippen LogP contribution in [0.4, 0.5) is 10.1 Å². The molecule has 1 aromatic carbocycles. The number of nitriles is 1. The van der Waals surface area contributed by atoms with E-state index in [0.717, 1.165) is 18.3 Å². The van der Waals surface area contributed by atoms with Crippen LogP contribution < -0.4 is 4.72 Å². The van der Waals surface area contributed by atoms with E-state index in [1.54, 1.807) is 6.07 Å². The highest BCUT2D eigenvalue weighted by molar-refractivity contribution is 7.92. The van der Waals surface area contributed by atoms with Gasteiger partial charge in [0.1, 0.15) is 28.0 Å². The SMILES string of the molecule is N#Cc1c(F)cccc1NS(=O)(=O)c1c[nH]c(C(=O)O)c1. The number of rotatable bonds is 4. The van der Waals surface area contributed by atoms with Crippen LogP contribution in [-0.2, 0) is 10.0 Å². The van der Waals surface area contributed by atoms with Crippen LogP contribution in [0.2, 0.25) is 0 Å². The van der Waals surface area contributed by atoms with E-state index < -0.39 is 27.4 Å². The standard InChI is InChI=1S/C12H8FN3O4S/c13-9-2-1-3-10(8(9)5-14)16-21(19,20)7-4-11(12(17)18)15-6-7/h1-4,6,15-16H,(H,17,18). The van der Waals surface area contributed by atoms with Gasteiger partial charge in [0.2, 0.25) is 0 Å². The van der Waals surface area contributed by atoms with Gasteiger partial charge in [0.25, 0.3) is 10.0 Å². The van der Waals surface area contributed by atoms with Crippen LogP contribution in [0.1, 0.15) is 16.1 Å². The summed E-state index contributed by atoms with van der Waals surface area (Å²) in [6, 6.07) is 5.96. The van der Waals surface area contributed by atoms with Crippen molar-refractivity contribution in [1.82, 2.24) is 4.98 Å². The van der Waals surface area contributed by atoms with E-state index in [4.69, 9.17) is 10.4 Å². The number of benzene rings is 1. The van der Waals surface area contributed by atoms with Crippen LogP contribution in [0.15, 0.2) is 35.4 Å². The molecule has 0 aliphatic rings. The van der Waals surface area contributed by atoms with Gasteiger partial charge in [0.05, 0.1) is 5.69 Å². The van der Waals surface area contributed by atoms with Crippen molar-refractivity contribution in [2.45, 2.75) is 4.90 Å². The van der Waals surface area contributed by atoms with Crippen LogP contribution in [0, 0.1) is 17.1 Å². The number of hydrogen-bond acceptors (Lipinski definition) is 4. The number of hydrogen-bond donors (Lipinski definition) is 3. The highest BCUT2D eigenvalue weighted by Gasteiger charge is 2.20. The van der Waals surface area contributed by atoms with Crippen molar-refractivity contribution in [3.8, 4) is 6.07 Å². The van der Waals surface area contributed by atoms with E-state index in [9.17, 15) is 17.6 Å². The topological polar surface area (TPSA) is 123 Å². The second-order valence-corrected chi connectivity index (χ2v) is 5.62. The van der Waals surface area contributed by atoms with Gasteiger partial charge in [-0.15, -0.1) is 0 Å². The third-order valence-electron chi connectivity index (χ3n) is 2.57. The first-order chi connectivity index (χ1) is 9.85. The van der Waals surface area contributed by atoms with Crippen LogP contribution >= 0.6 is 0 Å². The van der Waals surface area contributed by atoms with Crippen LogP contribution in [0.25, 0.3) is 0 Å². The monoisotopic (exact) mass is 309 g/mol. The Hall–Kier alpha value is -2.86. The van der Waals surface area contributed by atoms with E-state index in [1.807, 2.05) is 4.72 Å². The minimum absolute atomic E-state index is 0.226. The number of sulfonamides is 1. The minimum Gasteiger partial charge on any atom is -0.477 e. The molecular formula is C12H8FN3O4S. The van der Waals surface area contributed by atoms with Crippen molar-refractivity contribution in [2.24, 2.45) is 0 Å². The van der Waals surface area contributed by atoms with Gasteiger partial charge < -0.3 is 10.1 Å². The summed E-state index contributed by atoms with van der Waals surface area (Å²) in [5.74, 6) is -2.18. The van der Waals surface area contributed by atoms with Gasteiger partial charge in [-0.05, 0) is 18.2 Å². The maximum atomic E-state index is 13.4. The first kappa shape index (κ1) is 14.5. The lowest BCUT2D eigenvalue weighted by atomic mass is 10.2. The van der Waals surface area contributed by atoms with Crippen LogP contribution in [0.3, 0.4) is 0 Å². The molecular weight excluding hydrogens is 301 g/mol.